The number of piperidine rings is 1. The average Bonchev–Trinajstić information content (AvgIpc) is 3.43. The van der Waals surface area contributed by atoms with Crippen LogP contribution >= 0.6 is 0 Å². The first-order valence-electron chi connectivity index (χ1n) is 11.3. The summed E-state index contributed by atoms with van der Waals surface area (Å²) >= 11 is 0. The van der Waals surface area contributed by atoms with Crippen molar-refractivity contribution in [2.45, 2.75) is 32.1 Å². The number of aryl methyl sites for hydroxylation is 1. The molecule has 1 aliphatic heterocycles. The maximum absolute atomic E-state index is 13.4. The number of fused-ring (bicyclic) bond motifs is 1. The monoisotopic (exact) mass is 481 g/mol. The molecule has 1 aliphatic rings. The predicted molar refractivity (Wildman–Crippen MR) is 128 cm³/mol. The molecule has 0 bridgehead atoms. The Kier molecular flexibility index (Phi) is 5.69. The van der Waals surface area contributed by atoms with E-state index in [4.69, 9.17) is 13.7 Å². The second-order valence-electron chi connectivity index (χ2n) is 9.13. The van der Waals surface area contributed by atoms with Gasteiger partial charge in [0.1, 0.15) is 11.3 Å². The van der Waals surface area contributed by atoms with E-state index >= 15 is 0 Å². The van der Waals surface area contributed by atoms with E-state index in [0.29, 0.717) is 47.5 Å². The molecule has 0 saturated carbocycles. The van der Waals surface area contributed by atoms with E-state index in [1.54, 1.807) is 29.6 Å². The van der Waals surface area contributed by atoms with Crippen LogP contribution in [-0.4, -0.2) is 43.1 Å². The molecule has 1 saturated heterocycles. The molecule has 0 unspecified atom stereocenters. The maximum Gasteiger partial charge on any atom is 0.294 e. The van der Waals surface area contributed by atoms with Crippen LogP contribution in [0.1, 0.15) is 25.8 Å². The maximum atomic E-state index is 13.4. The zero-order chi connectivity index (χ0) is 24.0. The Morgan fingerprint density at radius 3 is 2.44 bits per heavy atom. The number of rotatable bonds is 5. The molecule has 2 atom stereocenters. The highest BCUT2D eigenvalue weighted by atomic mass is 32.2. The van der Waals surface area contributed by atoms with E-state index in [1.807, 2.05) is 31.2 Å². The fourth-order valence-corrected chi connectivity index (χ4v) is 6.39. The third kappa shape index (κ3) is 3.99. The minimum atomic E-state index is -3.60. The summed E-state index contributed by atoms with van der Waals surface area (Å²) in [5.41, 5.74) is 2.09. The summed E-state index contributed by atoms with van der Waals surface area (Å²) in [5.74, 6) is 2.50. The van der Waals surface area contributed by atoms with Crippen LogP contribution in [0.3, 0.4) is 0 Å². The number of furan rings is 1. The van der Waals surface area contributed by atoms with Gasteiger partial charge < -0.3 is 13.7 Å². The van der Waals surface area contributed by atoms with Gasteiger partial charge in [-0.15, -0.1) is 0 Å². The third-order valence-corrected chi connectivity index (χ3v) is 8.18. The highest BCUT2D eigenvalue weighted by Gasteiger charge is 2.32. The lowest BCUT2D eigenvalue weighted by atomic mass is 9.94. The fourth-order valence-electron chi connectivity index (χ4n) is 4.69. The predicted octanol–water partition coefficient (Wildman–Crippen LogP) is 5.13. The van der Waals surface area contributed by atoms with Gasteiger partial charge in [-0.2, -0.15) is 9.29 Å². The molecular formula is C25H27N3O5S. The molecule has 8 nitrogen and oxygen atoms in total. The van der Waals surface area contributed by atoms with Crippen LogP contribution in [0.15, 0.2) is 56.3 Å². The van der Waals surface area contributed by atoms with Crippen molar-refractivity contribution in [1.29, 1.82) is 0 Å². The standard InChI is InChI=1S/C25H27N3O5S/c1-15-11-16(2)14-28(13-15)34(29,30)20-9-10-22-21(12-20)17(3)23(32-22)25-26-24(27-33-25)18-5-7-19(31-4)8-6-18/h5-10,12,15-16H,11,13-14H2,1-4H3/t15-,16-/m0/s1. The quantitative estimate of drug-likeness (QED) is 0.389. The summed E-state index contributed by atoms with van der Waals surface area (Å²) in [6.07, 6.45) is 1.04. The lowest BCUT2D eigenvalue weighted by Crippen LogP contribution is -2.42. The van der Waals surface area contributed by atoms with Gasteiger partial charge in [-0.1, -0.05) is 19.0 Å². The number of methoxy groups -OCH3 is 1. The van der Waals surface area contributed by atoms with E-state index in [1.165, 1.54) is 0 Å². The first-order valence-corrected chi connectivity index (χ1v) is 12.7. The highest BCUT2D eigenvalue weighted by Crippen LogP contribution is 2.35. The van der Waals surface area contributed by atoms with Crippen molar-refractivity contribution < 1.29 is 22.1 Å². The first kappa shape index (κ1) is 22.6. The molecule has 9 heteroatoms. The summed E-state index contributed by atoms with van der Waals surface area (Å²) in [4.78, 5) is 4.75. The number of ether oxygens (including phenoxy) is 1. The Bertz CT molecular complexity index is 1430. The zero-order valence-corrected chi connectivity index (χ0v) is 20.4. The Hall–Kier alpha value is -3.17. The fraction of sp³-hybridized carbons (Fsp3) is 0.360. The van der Waals surface area contributed by atoms with Crippen molar-refractivity contribution in [3.8, 4) is 28.8 Å². The van der Waals surface area contributed by atoms with Gasteiger partial charge in [0.05, 0.1) is 12.0 Å². The average molecular weight is 482 g/mol. The van der Waals surface area contributed by atoms with E-state index in [0.717, 1.165) is 23.3 Å². The molecule has 0 amide bonds. The van der Waals surface area contributed by atoms with Gasteiger partial charge in [0, 0.05) is 29.6 Å². The number of hydrogen-bond acceptors (Lipinski definition) is 7. The largest absolute Gasteiger partial charge is 0.497 e. The van der Waals surface area contributed by atoms with Crippen LogP contribution < -0.4 is 4.74 Å². The van der Waals surface area contributed by atoms with Crippen LogP contribution in [0.25, 0.3) is 34.0 Å². The smallest absolute Gasteiger partial charge is 0.294 e. The highest BCUT2D eigenvalue weighted by molar-refractivity contribution is 7.89. The molecule has 0 aliphatic carbocycles. The molecule has 4 aromatic rings. The number of nitrogens with zero attached hydrogens (tertiary/aromatic N) is 3. The van der Waals surface area contributed by atoms with Gasteiger partial charge >= 0.3 is 0 Å². The third-order valence-electron chi connectivity index (χ3n) is 6.35. The van der Waals surface area contributed by atoms with Gasteiger partial charge in [0.25, 0.3) is 5.89 Å². The Labute approximate surface area is 198 Å². The lowest BCUT2D eigenvalue weighted by molar-refractivity contribution is 0.222. The van der Waals surface area contributed by atoms with Crippen LogP contribution in [-0.2, 0) is 10.0 Å². The molecule has 0 N–H and O–H groups in total. The van der Waals surface area contributed by atoms with Gasteiger partial charge in [0.15, 0.2) is 5.76 Å². The molecule has 178 valence electrons. The number of aromatic nitrogens is 2. The van der Waals surface area contributed by atoms with Crippen molar-refractivity contribution in [2.75, 3.05) is 20.2 Å². The topological polar surface area (TPSA) is 98.7 Å². The molecule has 0 radical (unpaired) electrons. The van der Waals surface area contributed by atoms with Gasteiger partial charge in [-0.25, -0.2) is 8.42 Å². The van der Waals surface area contributed by atoms with Crippen molar-refractivity contribution >= 4 is 21.0 Å². The summed E-state index contributed by atoms with van der Waals surface area (Å²) in [6, 6.07) is 12.3. The second-order valence-corrected chi connectivity index (χ2v) is 11.1. The van der Waals surface area contributed by atoms with Gasteiger partial charge in [-0.3, -0.25) is 0 Å². The van der Waals surface area contributed by atoms with Gasteiger partial charge in [-0.05, 0) is 67.6 Å². The first-order chi connectivity index (χ1) is 16.3. The molecule has 0 spiro atoms. The molecule has 5 rings (SSSR count). The molecule has 3 heterocycles. The molecule has 2 aromatic heterocycles. The van der Waals surface area contributed by atoms with Crippen LogP contribution in [0.4, 0.5) is 0 Å². The molecule has 1 fully saturated rings. The lowest BCUT2D eigenvalue weighted by Gasteiger charge is -2.34. The Balaban J connectivity index is 1.48. The summed E-state index contributed by atoms with van der Waals surface area (Å²) in [5, 5.41) is 4.78. The SMILES string of the molecule is COc1ccc(-c2noc(-c3oc4ccc(S(=O)(=O)N5C[C@@H](C)C[C@H](C)C5)cc4c3C)n2)cc1. The van der Waals surface area contributed by atoms with Crippen LogP contribution in [0, 0.1) is 18.8 Å². The van der Waals surface area contributed by atoms with Crippen molar-refractivity contribution in [3.63, 3.8) is 0 Å². The Morgan fingerprint density at radius 1 is 1.06 bits per heavy atom. The van der Waals surface area contributed by atoms with E-state index < -0.39 is 10.0 Å². The summed E-state index contributed by atoms with van der Waals surface area (Å²) in [7, 11) is -1.99. The van der Waals surface area contributed by atoms with Crippen LogP contribution in [0.5, 0.6) is 5.75 Å². The normalized spacial score (nSPS) is 19.5. The summed E-state index contributed by atoms with van der Waals surface area (Å²) < 4.78 is 45.0. The van der Waals surface area contributed by atoms with Crippen molar-refractivity contribution in [3.05, 3.63) is 48.0 Å². The van der Waals surface area contributed by atoms with Crippen LogP contribution in [0.2, 0.25) is 0 Å². The zero-order valence-electron chi connectivity index (χ0n) is 19.6. The van der Waals surface area contributed by atoms with Crippen molar-refractivity contribution in [1.82, 2.24) is 14.4 Å². The number of benzene rings is 2. The molecule has 34 heavy (non-hydrogen) atoms. The van der Waals surface area contributed by atoms with E-state index in [-0.39, 0.29) is 10.8 Å². The molecular weight excluding hydrogens is 454 g/mol. The minimum Gasteiger partial charge on any atom is -0.497 e. The second kappa shape index (κ2) is 8.56. The summed E-state index contributed by atoms with van der Waals surface area (Å²) in [6.45, 7) is 7.13. The van der Waals surface area contributed by atoms with E-state index in [2.05, 4.69) is 24.0 Å². The molecule has 2 aromatic carbocycles. The Morgan fingerprint density at radius 2 is 1.76 bits per heavy atom. The van der Waals surface area contributed by atoms with Gasteiger partial charge in [0.2, 0.25) is 15.8 Å². The van der Waals surface area contributed by atoms with Crippen molar-refractivity contribution in [2.24, 2.45) is 11.8 Å². The minimum absolute atomic E-state index is 0.239. The number of hydrogen-bond donors (Lipinski definition) is 0. The van der Waals surface area contributed by atoms with E-state index in [9.17, 15) is 8.42 Å². The number of sulfonamides is 1.